The molecule has 0 N–H and O–H groups in total. The van der Waals surface area contributed by atoms with E-state index in [1.807, 2.05) is 12.4 Å². The largest absolute Gasteiger partial charge is 0.340 e. The fourth-order valence-electron chi connectivity index (χ4n) is 3.41. The highest BCUT2D eigenvalue weighted by molar-refractivity contribution is 5.33. The van der Waals surface area contributed by atoms with Crippen LogP contribution >= 0.6 is 0 Å². The zero-order valence-electron chi connectivity index (χ0n) is 13.1. The van der Waals surface area contributed by atoms with Crippen LogP contribution in [-0.2, 0) is 0 Å². The van der Waals surface area contributed by atoms with E-state index in [4.69, 9.17) is 0 Å². The van der Waals surface area contributed by atoms with Crippen LogP contribution in [0.5, 0.6) is 0 Å². The Hall–Kier alpha value is -1.16. The second-order valence-corrected chi connectivity index (χ2v) is 6.94. The second-order valence-electron chi connectivity index (χ2n) is 6.94. The van der Waals surface area contributed by atoms with Gasteiger partial charge in [-0.05, 0) is 37.2 Å². The van der Waals surface area contributed by atoms with Crippen molar-refractivity contribution < 1.29 is 0 Å². The monoisotopic (exact) mass is 274 g/mol. The smallest absolute Gasteiger partial charge is 0.225 e. The molecule has 3 heterocycles. The van der Waals surface area contributed by atoms with E-state index in [0.29, 0.717) is 12.0 Å². The third kappa shape index (κ3) is 2.53. The molecule has 2 fully saturated rings. The van der Waals surface area contributed by atoms with E-state index in [-0.39, 0.29) is 0 Å². The number of fused-ring (bicyclic) bond motifs is 1. The molecular formula is C16H26N4. The third-order valence-electron chi connectivity index (χ3n) is 4.85. The standard InChI is InChI=1S/C16H26N4/c1-11(2)13-5-17-16(18-6-13)20-9-14-7-19(12(3)4)8-15(14)10-20/h5-6,11-12,14-15H,7-10H2,1-4H3. The molecule has 2 atom stereocenters. The molecule has 2 aliphatic rings. The highest BCUT2D eigenvalue weighted by Crippen LogP contribution is 2.33. The first-order valence-corrected chi connectivity index (χ1v) is 7.85. The number of anilines is 1. The van der Waals surface area contributed by atoms with Gasteiger partial charge in [0.25, 0.3) is 0 Å². The van der Waals surface area contributed by atoms with E-state index < -0.39 is 0 Å². The van der Waals surface area contributed by atoms with Crippen LogP contribution in [0.3, 0.4) is 0 Å². The number of aromatic nitrogens is 2. The minimum Gasteiger partial charge on any atom is -0.340 e. The van der Waals surface area contributed by atoms with Gasteiger partial charge in [0.15, 0.2) is 0 Å². The maximum atomic E-state index is 4.56. The molecular weight excluding hydrogens is 248 g/mol. The molecule has 0 spiro atoms. The summed E-state index contributed by atoms with van der Waals surface area (Å²) in [4.78, 5) is 14.1. The summed E-state index contributed by atoms with van der Waals surface area (Å²) in [6.45, 7) is 13.7. The topological polar surface area (TPSA) is 32.3 Å². The van der Waals surface area contributed by atoms with Gasteiger partial charge in [-0.25, -0.2) is 9.97 Å². The Balaban J connectivity index is 1.64. The summed E-state index contributed by atoms with van der Waals surface area (Å²) >= 11 is 0. The molecule has 0 radical (unpaired) electrons. The van der Waals surface area contributed by atoms with Crippen molar-refractivity contribution in [1.29, 1.82) is 0 Å². The quantitative estimate of drug-likeness (QED) is 0.847. The van der Waals surface area contributed by atoms with Crippen LogP contribution in [0.2, 0.25) is 0 Å². The van der Waals surface area contributed by atoms with E-state index >= 15 is 0 Å². The molecule has 3 rings (SSSR count). The van der Waals surface area contributed by atoms with Gasteiger partial charge >= 0.3 is 0 Å². The lowest BCUT2D eigenvalue weighted by Crippen LogP contribution is -2.33. The van der Waals surface area contributed by atoms with Crippen LogP contribution in [-0.4, -0.2) is 47.1 Å². The van der Waals surface area contributed by atoms with Gasteiger partial charge in [-0.1, -0.05) is 13.8 Å². The minimum absolute atomic E-state index is 0.501. The third-order valence-corrected chi connectivity index (χ3v) is 4.85. The van der Waals surface area contributed by atoms with Gasteiger partial charge in [-0.15, -0.1) is 0 Å². The van der Waals surface area contributed by atoms with Crippen molar-refractivity contribution >= 4 is 5.95 Å². The average Bonchev–Trinajstić information content (AvgIpc) is 2.96. The summed E-state index contributed by atoms with van der Waals surface area (Å²) in [7, 11) is 0. The van der Waals surface area contributed by atoms with E-state index in [9.17, 15) is 0 Å². The molecule has 2 unspecified atom stereocenters. The summed E-state index contributed by atoms with van der Waals surface area (Å²) in [6.07, 6.45) is 3.98. The molecule has 0 amide bonds. The highest BCUT2D eigenvalue weighted by Gasteiger charge is 2.41. The molecule has 1 aromatic heterocycles. The molecule has 4 heteroatoms. The van der Waals surface area contributed by atoms with Crippen LogP contribution in [0.15, 0.2) is 12.4 Å². The van der Waals surface area contributed by atoms with Gasteiger partial charge in [-0.3, -0.25) is 0 Å². The lowest BCUT2D eigenvalue weighted by Gasteiger charge is -2.24. The molecule has 0 bridgehead atoms. The highest BCUT2D eigenvalue weighted by atomic mass is 15.3. The Labute approximate surface area is 122 Å². The first kappa shape index (κ1) is 13.8. The van der Waals surface area contributed by atoms with Gasteiger partial charge in [0.1, 0.15) is 0 Å². The Morgan fingerprint density at radius 2 is 1.50 bits per heavy atom. The summed E-state index contributed by atoms with van der Waals surface area (Å²) in [5.74, 6) is 3.01. The first-order chi connectivity index (χ1) is 9.54. The predicted octanol–water partition coefficient (Wildman–Crippen LogP) is 2.38. The Morgan fingerprint density at radius 3 is 1.95 bits per heavy atom. The molecule has 20 heavy (non-hydrogen) atoms. The number of hydrogen-bond acceptors (Lipinski definition) is 4. The van der Waals surface area contributed by atoms with E-state index in [1.165, 1.54) is 18.7 Å². The molecule has 2 saturated heterocycles. The number of rotatable bonds is 3. The molecule has 4 nitrogen and oxygen atoms in total. The van der Waals surface area contributed by atoms with Gasteiger partial charge in [0.2, 0.25) is 5.95 Å². The van der Waals surface area contributed by atoms with E-state index in [0.717, 1.165) is 30.9 Å². The van der Waals surface area contributed by atoms with E-state index in [2.05, 4.69) is 47.5 Å². The lowest BCUT2D eigenvalue weighted by atomic mass is 10.0. The first-order valence-electron chi connectivity index (χ1n) is 7.85. The van der Waals surface area contributed by atoms with Gasteiger partial charge < -0.3 is 9.80 Å². The van der Waals surface area contributed by atoms with Crippen LogP contribution in [0.25, 0.3) is 0 Å². The number of likely N-dealkylation sites (tertiary alicyclic amines) is 1. The van der Waals surface area contributed by atoms with Gasteiger partial charge in [0.05, 0.1) is 0 Å². The normalized spacial score (nSPS) is 26.8. The van der Waals surface area contributed by atoms with E-state index in [1.54, 1.807) is 0 Å². The summed E-state index contributed by atoms with van der Waals surface area (Å²) in [5, 5.41) is 0. The SMILES string of the molecule is CC(C)c1cnc(N2CC3CN(C(C)C)CC3C2)nc1. The Bertz CT molecular complexity index is 440. The van der Waals surface area contributed by atoms with Crippen molar-refractivity contribution in [1.82, 2.24) is 14.9 Å². The van der Waals surface area contributed by atoms with Crippen LogP contribution in [0.1, 0.15) is 39.2 Å². The van der Waals surface area contributed by atoms with Crippen LogP contribution in [0, 0.1) is 11.8 Å². The molecule has 0 aliphatic carbocycles. The summed E-state index contributed by atoms with van der Waals surface area (Å²) in [6, 6.07) is 0.677. The predicted molar refractivity (Wildman–Crippen MR) is 82.0 cm³/mol. The van der Waals surface area contributed by atoms with Crippen molar-refractivity contribution in [3.8, 4) is 0 Å². The lowest BCUT2D eigenvalue weighted by molar-refractivity contribution is 0.258. The molecule has 0 saturated carbocycles. The summed E-state index contributed by atoms with van der Waals surface area (Å²) in [5.41, 5.74) is 1.22. The van der Waals surface area contributed by atoms with Crippen molar-refractivity contribution in [2.45, 2.75) is 39.7 Å². The minimum atomic E-state index is 0.501. The zero-order chi connectivity index (χ0) is 14.3. The maximum absolute atomic E-state index is 4.56. The fraction of sp³-hybridized carbons (Fsp3) is 0.750. The van der Waals surface area contributed by atoms with Gasteiger partial charge in [0, 0.05) is 44.6 Å². The summed E-state index contributed by atoms with van der Waals surface area (Å²) < 4.78 is 0. The van der Waals surface area contributed by atoms with Crippen molar-refractivity contribution in [2.24, 2.45) is 11.8 Å². The second kappa shape index (κ2) is 5.32. The average molecular weight is 274 g/mol. The molecule has 2 aliphatic heterocycles. The van der Waals surface area contributed by atoms with Gasteiger partial charge in [-0.2, -0.15) is 0 Å². The fourth-order valence-corrected chi connectivity index (χ4v) is 3.41. The molecule has 110 valence electrons. The maximum Gasteiger partial charge on any atom is 0.225 e. The Kier molecular flexibility index (Phi) is 3.67. The molecule has 1 aromatic rings. The Morgan fingerprint density at radius 1 is 0.950 bits per heavy atom. The zero-order valence-corrected chi connectivity index (χ0v) is 13.1. The van der Waals surface area contributed by atoms with Crippen molar-refractivity contribution in [2.75, 3.05) is 31.1 Å². The van der Waals surface area contributed by atoms with Crippen LogP contribution < -0.4 is 4.90 Å². The number of hydrogen-bond donors (Lipinski definition) is 0. The molecule has 0 aromatic carbocycles. The van der Waals surface area contributed by atoms with Crippen LogP contribution in [0.4, 0.5) is 5.95 Å². The van der Waals surface area contributed by atoms with Crippen molar-refractivity contribution in [3.63, 3.8) is 0 Å². The number of nitrogens with zero attached hydrogens (tertiary/aromatic N) is 4. The van der Waals surface area contributed by atoms with Crippen molar-refractivity contribution in [3.05, 3.63) is 18.0 Å².